The maximum absolute atomic E-state index is 13.9. The first-order valence-electron chi connectivity index (χ1n) is 16.0. The molecule has 3 aromatic heterocycles. The molecule has 14 nitrogen and oxygen atoms in total. The minimum atomic E-state index is -4.76. The molecule has 0 bridgehead atoms. The molecule has 0 saturated carbocycles. The highest BCUT2D eigenvalue weighted by atomic mass is 35.5. The normalized spacial score (nSPS) is 15.6. The number of carbonyl (C=O) groups is 3. The molecule has 4 aromatic rings. The molecule has 18 heteroatoms. The maximum atomic E-state index is 13.9. The molecule has 0 atom stereocenters. The summed E-state index contributed by atoms with van der Waals surface area (Å²) in [4.78, 5) is 59.6. The number of hydrogen-bond donors (Lipinski definition) is 4. The number of benzene rings is 1. The number of halogens is 4. The van der Waals surface area contributed by atoms with Crippen LogP contribution in [0.1, 0.15) is 50.8 Å². The number of hydrogen-bond acceptors (Lipinski definition) is 9. The molecule has 6 rings (SSSR count). The minimum Gasteiger partial charge on any atom is -0.375 e. The Bertz CT molecular complexity index is 1860. The van der Waals surface area contributed by atoms with Gasteiger partial charge in [-0.3, -0.25) is 19.5 Å². The fraction of sp³-hybridized carbons (Fsp3) is 0.406. The van der Waals surface area contributed by atoms with Gasteiger partial charge in [0.2, 0.25) is 5.91 Å². The van der Waals surface area contributed by atoms with E-state index in [-0.39, 0.29) is 69.0 Å². The zero-order valence-corrected chi connectivity index (χ0v) is 28.0. The smallest absolute Gasteiger partial charge is 0.375 e. The third kappa shape index (κ3) is 7.57. The molecule has 1 aromatic carbocycles. The number of anilines is 2. The minimum absolute atomic E-state index is 0.0138. The Kier molecular flexibility index (Phi) is 10.1. The Morgan fingerprint density at radius 1 is 1.00 bits per heavy atom. The summed E-state index contributed by atoms with van der Waals surface area (Å²) in [6, 6.07) is 4.46. The maximum Gasteiger partial charge on any atom is 0.435 e. The van der Waals surface area contributed by atoms with Gasteiger partial charge >= 0.3 is 6.18 Å². The van der Waals surface area contributed by atoms with Gasteiger partial charge in [0.05, 0.1) is 28.7 Å². The van der Waals surface area contributed by atoms with Gasteiger partial charge in [0.25, 0.3) is 11.8 Å². The second-order valence-electron chi connectivity index (χ2n) is 12.3. The molecule has 4 N–H and O–H groups in total. The Morgan fingerprint density at radius 3 is 2.32 bits per heavy atom. The van der Waals surface area contributed by atoms with Crippen molar-refractivity contribution >= 4 is 40.7 Å². The number of rotatable bonds is 8. The van der Waals surface area contributed by atoms with E-state index in [4.69, 9.17) is 11.6 Å². The third-order valence-corrected chi connectivity index (χ3v) is 9.06. The summed E-state index contributed by atoms with van der Waals surface area (Å²) in [7, 11) is 3.56. The van der Waals surface area contributed by atoms with E-state index in [1.807, 2.05) is 4.90 Å². The van der Waals surface area contributed by atoms with E-state index in [1.165, 1.54) is 36.8 Å². The van der Waals surface area contributed by atoms with Gasteiger partial charge in [0, 0.05) is 75.8 Å². The van der Waals surface area contributed by atoms with Crippen LogP contribution in [0.15, 0.2) is 36.8 Å². The summed E-state index contributed by atoms with van der Waals surface area (Å²) in [5.74, 6) is -0.936. The number of amides is 3. The van der Waals surface area contributed by atoms with E-state index in [9.17, 15) is 27.6 Å². The zero-order valence-electron chi connectivity index (χ0n) is 27.3. The molecule has 5 heterocycles. The number of aromatic nitrogens is 6. The number of nitrogens with one attached hydrogen (secondary N) is 4. The first kappa shape index (κ1) is 34.8. The number of carbonyl (C=O) groups excluding carboxylic acids is 3. The lowest BCUT2D eigenvalue weighted by Gasteiger charge is -2.37. The Labute approximate surface area is 289 Å². The Hall–Kier alpha value is -5.03. The van der Waals surface area contributed by atoms with Gasteiger partial charge in [-0.25, -0.2) is 15.0 Å². The Balaban J connectivity index is 1.09. The van der Waals surface area contributed by atoms with Crippen LogP contribution in [-0.2, 0) is 17.4 Å². The van der Waals surface area contributed by atoms with Crippen molar-refractivity contribution in [2.45, 2.75) is 25.4 Å². The van der Waals surface area contributed by atoms with Gasteiger partial charge in [-0.1, -0.05) is 11.6 Å². The average Bonchev–Trinajstić information content (AvgIpc) is 3.76. The number of piperazine rings is 1. The summed E-state index contributed by atoms with van der Waals surface area (Å²) in [6.45, 7) is 3.31. The van der Waals surface area contributed by atoms with Crippen LogP contribution in [0.3, 0.4) is 0 Å². The van der Waals surface area contributed by atoms with E-state index in [1.54, 1.807) is 23.9 Å². The van der Waals surface area contributed by atoms with Crippen molar-refractivity contribution in [3.8, 4) is 11.5 Å². The molecule has 0 aliphatic carbocycles. The molecule has 2 saturated heterocycles. The molecule has 0 unspecified atom stereocenters. The highest BCUT2D eigenvalue weighted by Gasteiger charge is 2.39. The van der Waals surface area contributed by atoms with Gasteiger partial charge in [0.15, 0.2) is 17.3 Å². The van der Waals surface area contributed by atoms with Crippen molar-refractivity contribution in [3.63, 3.8) is 0 Å². The molecule has 3 amide bonds. The van der Waals surface area contributed by atoms with Gasteiger partial charge in [-0.05, 0) is 44.1 Å². The van der Waals surface area contributed by atoms with Crippen LogP contribution in [0, 0.1) is 5.92 Å². The van der Waals surface area contributed by atoms with Gasteiger partial charge < -0.3 is 30.3 Å². The number of H-pyrrole nitrogens is 2. The molecule has 2 fully saturated rings. The van der Waals surface area contributed by atoms with Gasteiger partial charge in [-0.15, -0.1) is 0 Å². The van der Waals surface area contributed by atoms with Crippen molar-refractivity contribution in [1.29, 1.82) is 0 Å². The molecule has 0 spiro atoms. The lowest BCUT2D eigenvalue weighted by atomic mass is 9.96. The van der Waals surface area contributed by atoms with Crippen LogP contribution in [0.4, 0.5) is 24.5 Å². The summed E-state index contributed by atoms with van der Waals surface area (Å²) >= 11 is 6.47. The van der Waals surface area contributed by atoms with Crippen LogP contribution >= 0.6 is 11.6 Å². The standard InChI is InChI=1S/C32H35ClF3N11O3/c1-45(2)21-16-39-27(40-17-21)25-23(26(44-43-25)32(34,35)36)13-20-15-38-28(41-20)29(48)42-19-3-4-22(24(33)14-19)31(50)47-11-9-46(10-12-47)30(49)18-5-7-37-8-6-18/h3-4,14-18,37H,5-13H2,1-2H3,(H,38,41)(H,42,48)(H,43,44). The van der Waals surface area contributed by atoms with Crippen molar-refractivity contribution in [2.75, 3.05) is 63.6 Å². The zero-order chi connectivity index (χ0) is 35.6. The van der Waals surface area contributed by atoms with Gasteiger partial charge in [0.1, 0.15) is 5.69 Å². The molecular formula is C32H35ClF3N11O3. The van der Waals surface area contributed by atoms with Crippen molar-refractivity contribution < 1.29 is 27.6 Å². The van der Waals surface area contributed by atoms with Crippen LogP contribution in [0.25, 0.3) is 11.5 Å². The molecule has 0 radical (unpaired) electrons. The lowest BCUT2D eigenvalue weighted by Crippen LogP contribution is -2.52. The fourth-order valence-corrected chi connectivity index (χ4v) is 6.24. The Morgan fingerprint density at radius 2 is 1.68 bits per heavy atom. The number of alkyl halides is 3. The number of nitrogens with zero attached hydrogens (tertiary/aromatic N) is 7. The summed E-state index contributed by atoms with van der Waals surface area (Å²) in [5, 5.41) is 11.9. The van der Waals surface area contributed by atoms with Crippen LogP contribution in [0.2, 0.25) is 5.02 Å². The highest BCUT2D eigenvalue weighted by molar-refractivity contribution is 6.34. The highest BCUT2D eigenvalue weighted by Crippen LogP contribution is 2.35. The summed E-state index contributed by atoms with van der Waals surface area (Å²) in [6.07, 6.45) is 0.785. The topological polar surface area (TPSA) is 168 Å². The molecule has 2 aliphatic rings. The fourth-order valence-electron chi connectivity index (χ4n) is 5.98. The molecule has 50 heavy (non-hydrogen) atoms. The van der Waals surface area contributed by atoms with Crippen LogP contribution < -0.4 is 15.5 Å². The summed E-state index contributed by atoms with van der Waals surface area (Å²) in [5.41, 5.74) is 0.0390. The number of aromatic amines is 2. The molecule has 2 aliphatic heterocycles. The second kappa shape index (κ2) is 14.4. The quantitative estimate of drug-likeness (QED) is 0.214. The largest absolute Gasteiger partial charge is 0.435 e. The van der Waals surface area contributed by atoms with E-state index in [2.05, 4.69) is 40.8 Å². The van der Waals surface area contributed by atoms with Crippen LogP contribution in [-0.4, -0.2) is 111 Å². The summed E-state index contributed by atoms with van der Waals surface area (Å²) < 4.78 is 41.6. The second-order valence-corrected chi connectivity index (χ2v) is 12.7. The van der Waals surface area contributed by atoms with Gasteiger partial charge in [-0.2, -0.15) is 18.3 Å². The molecular weight excluding hydrogens is 679 g/mol. The lowest BCUT2D eigenvalue weighted by molar-refractivity contribution is -0.141. The average molecular weight is 714 g/mol. The monoisotopic (exact) mass is 713 g/mol. The van der Waals surface area contributed by atoms with Crippen molar-refractivity contribution in [2.24, 2.45) is 5.92 Å². The predicted octanol–water partition coefficient (Wildman–Crippen LogP) is 3.46. The van der Waals surface area contributed by atoms with Crippen molar-refractivity contribution in [3.05, 3.63) is 70.2 Å². The van der Waals surface area contributed by atoms with E-state index in [0.717, 1.165) is 25.9 Å². The van der Waals surface area contributed by atoms with Crippen molar-refractivity contribution in [1.82, 2.24) is 45.2 Å². The van der Waals surface area contributed by atoms with E-state index in [0.29, 0.717) is 31.9 Å². The van der Waals surface area contributed by atoms with Crippen LogP contribution in [0.5, 0.6) is 0 Å². The predicted molar refractivity (Wildman–Crippen MR) is 178 cm³/mol. The molecule has 264 valence electrons. The third-order valence-electron chi connectivity index (χ3n) is 8.75. The van der Waals surface area contributed by atoms with E-state index < -0.39 is 17.8 Å². The van der Waals surface area contributed by atoms with E-state index >= 15 is 0 Å². The first-order chi connectivity index (χ1) is 23.9. The number of imidazole rings is 1. The SMILES string of the molecule is CN(C)c1cnc(-c2[nH]nc(C(F)(F)F)c2Cc2cnc(C(=O)Nc3ccc(C(=O)N4CCN(C(=O)C5CCNCC5)CC4)c(Cl)c3)[nH]2)nc1. The number of piperidine rings is 1. The first-order valence-corrected chi connectivity index (χ1v) is 16.3.